The number of anilines is 1. The number of hydrogen-bond acceptors (Lipinski definition) is 3. The van der Waals surface area contributed by atoms with Crippen LogP contribution in [0.3, 0.4) is 0 Å². The van der Waals surface area contributed by atoms with E-state index in [-0.39, 0.29) is 5.63 Å². The molecule has 3 aromatic rings. The van der Waals surface area contributed by atoms with Gasteiger partial charge in [-0.2, -0.15) is 0 Å². The van der Waals surface area contributed by atoms with E-state index in [0.29, 0.717) is 16.8 Å². The van der Waals surface area contributed by atoms with Crippen molar-refractivity contribution in [2.24, 2.45) is 0 Å². The third-order valence-corrected chi connectivity index (χ3v) is 2.86. The number of benzene rings is 2. The van der Waals surface area contributed by atoms with E-state index in [1.807, 2.05) is 64.1 Å². The van der Waals surface area contributed by atoms with Crippen molar-refractivity contribution in [3.8, 4) is 11.1 Å². The number of para-hydroxylation sites is 1. The molecule has 2 N–H and O–H groups in total. The SMILES string of the molecule is CC.CC.Nc1ccc(-c2cc3ccccc3oc2=O)cc1. The van der Waals surface area contributed by atoms with Gasteiger partial charge in [0, 0.05) is 11.1 Å². The second kappa shape index (κ2) is 8.67. The van der Waals surface area contributed by atoms with Crippen molar-refractivity contribution in [2.75, 3.05) is 5.73 Å². The zero-order chi connectivity index (χ0) is 16.5. The van der Waals surface area contributed by atoms with E-state index in [2.05, 4.69) is 0 Å². The van der Waals surface area contributed by atoms with Crippen LogP contribution in [0.2, 0.25) is 0 Å². The fraction of sp³-hybridized carbons (Fsp3) is 0.211. The summed E-state index contributed by atoms with van der Waals surface area (Å²) in [6.07, 6.45) is 0. The van der Waals surface area contributed by atoms with Crippen LogP contribution in [0.4, 0.5) is 5.69 Å². The first-order valence-corrected chi connectivity index (χ1v) is 7.63. The molecule has 22 heavy (non-hydrogen) atoms. The molecule has 0 bridgehead atoms. The van der Waals surface area contributed by atoms with Crippen molar-refractivity contribution < 1.29 is 4.42 Å². The van der Waals surface area contributed by atoms with Crippen LogP contribution in [-0.2, 0) is 0 Å². The molecule has 0 aliphatic heterocycles. The Hall–Kier alpha value is -2.55. The molecule has 0 atom stereocenters. The van der Waals surface area contributed by atoms with Gasteiger partial charge < -0.3 is 10.2 Å². The van der Waals surface area contributed by atoms with E-state index in [1.165, 1.54) is 0 Å². The maximum absolute atomic E-state index is 11.9. The molecule has 0 unspecified atom stereocenters. The fourth-order valence-corrected chi connectivity index (χ4v) is 1.93. The number of fused-ring (bicyclic) bond motifs is 1. The summed E-state index contributed by atoms with van der Waals surface area (Å²) in [7, 11) is 0. The molecule has 0 saturated heterocycles. The monoisotopic (exact) mass is 297 g/mol. The molecule has 116 valence electrons. The van der Waals surface area contributed by atoms with Crippen LogP contribution in [0.5, 0.6) is 0 Å². The molecule has 0 radical (unpaired) electrons. The van der Waals surface area contributed by atoms with Gasteiger partial charge in [-0.15, -0.1) is 0 Å². The summed E-state index contributed by atoms with van der Waals surface area (Å²) in [6, 6.07) is 16.5. The molecule has 3 nitrogen and oxygen atoms in total. The second-order valence-electron chi connectivity index (χ2n) is 4.11. The van der Waals surface area contributed by atoms with E-state index in [1.54, 1.807) is 18.2 Å². The minimum Gasteiger partial charge on any atom is -0.422 e. The minimum absolute atomic E-state index is 0.335. The number of rotatable bonds is 1. The molecule has 3 heteroatoms. The lowest BCUT2D eigenvalue weighted by Crippen LogP contribution is -2.02. The Morgan fingerprint density at radius 3 is 2.09 bits per heavy atom. The quantitative estimate of drug-likeness (QED) is 0.502. The van der Waals surface area contributed by atoms with Crippen molar-refractivity contribution in [3.63, 3.8) is 0 Å². The summed E-state index contributed by atoms with van der Waals surface area (Å²) in [5.41, 5.74) is 7.92. The summed E-state index contributed by atoms with van der Waals surface area (Å²) >= 11 is 0. The van der Waals surface area contributed by atoms with Gasteiger partial charge in [-0.1, -0.05) is 58.0 Å². The first-order valence-electron chi connectivity index (χ1n) is 7.63. The highest BCUT2D eigenvalue weighted by atomic mass is 16.4. The third kappa shape index (κ3) is 3.98. The molecule has 1 aromatic heterocycles. The average molecular weight is 297 g/mol. The molecule has 0 fully saturated rings. The van der Waals surface area contributed by atoms with Crippen LogP contribution >= 0.6 is 0 Å². The molecule has 0 saturated carbocycles. The van der Waals surface area contributed by atoms with Crippen molar-refractivity contribution in [3.05, 3.63) is 65.0 Å². The topological polar surface area (TPSA) is 56.2 Å². The van der Waals surface area contributed by atoms with Gasteiger partial charge >= 0.3 is 5.63 Å². The van der Waals surface area contributed by atoms with Crippen LogP contribution < -0.4 is 11.4 Å². The van der Waals surface area contributed by atoms with E-state index >= 15 is 0 Å². The molecular weight excluding hydrogens is 274 g/mol. The zero-order valence-corrected chi connectivity index (χ0v) is 13.6. The van der Waals surface area contributed by atoms with Crippen LogP contribution in [0.1, 0.15) is 27.7 Å². The Kier molecular flexibility index (Phi) is 6.90. The van der Waals surface area contributed by atoms with Crippen LogP contribution in [0.25, 0.3) is 22.1 Å². The summed E-state index contributed by atoms with van der Waals surface area (Å²) in [5, 5.41) is 0.906. The third-order valence-electron chi connectivity index (χ3n) is 2.86. The first-order chi connectivity index (χ1) is 10.7. The predicted molar refractivity (Wildman–Crippen MR) is 95.0 cm³/mol. The summed E-state index contributed by atoms with van der Waals surface area (Å²) < 4.78 is 5.29. The van der Waals surface area contributed by atoms with Gasteiger partial charge in [-0.05, 0) is 29.8 Å². The molecule has 2 aromatic carbocycles. The highest BCUT2D eigenvalue weighted by Crippen LogP contribution is 2.21. The van der Waals surface area contributed by atoms with E-state index in [0.717, 1.165) is 10.9 Å². The lowest BCUT2D eigenvalue weighted by molar-refractivity contribution is 0.563. The van der Waals surface area contributed by atoms with Gasteiger partial charge in [0.15, 0.2) is 0 Å². The molecule has 0 amide bonds. The molecule has 0 aliphatic carbocycles. The molecule has 0 spiro atoms. The highest BCUT2D eigenvalue weighted by Gasteiger charge is 2.06. The van der Waals surface area contributed by atoms with Gasteiger partial charge in [-0.25, -0.2) is 4.79 Å². The van der Waals surface area contributed by atoms with E-state index in [4.69, 9.17) is 10.2 Å². The van der Waals surface area contributed by atoms with Crippen molar-refractivity contribution >= 4 is 16.7 Å². The van der Waals surface area contributed by atoms with Gasteiger partial charge in [0.05, 0.1) is 5.56 Å². The minimum atomic E-state index is -0.335. The maximum atomic E-state index is 11.9. The fourth-order valence-electron chi connectivity index (χ4n) is 1.93. The Morgan fingerprint density at radius 2 is 1.45 bits per heavy atom. The Morgan fingerprint density at radius 1 is 0.864 bits per heavy atom. The molecule has 1 heterocycles. The van der Waals surface area contributed by atoms with Crippen molar-refractivity contribution in [1.29, 1.82) is 0 Å². The van der Waals surface area contributed by atoms with Gasteiger partial charge in [-0.3, -0.25) is 0 Å². The molecule has 3 rings (SSSR count). The summed E-state index contributed by atoms with van der Waals surface area (Å²) in [4.78, 5) is 11.9. The zero-order valence-electron chi connectivity index (χ0n) is 13.6. The Balaban J connectivity index is 0.000000561. The predicted octanol–water partition coefficient (Wildman–Crippen LogP) is 5.09. The van der Waals surface area contributed by atoms with Gasteiger partial charge in [0.2, 0.25) is 0 Å². The number of nitrogen functional groups attached to an aromatic ring is 1. The summed E-state index contributed by atoms with van der Waals surface area (Å²) in [6.45, 7) is 8.00. The number of hydrogen-bond donors (Lipinski definition) is 1. The molecular formula is C19H23NO2. The van der Waals surface area contributed by atoms with E-state index in [9.17, 15) is 4.79 Å². The van der Waals surface area contributed by atoms with Crippen molar-refractivity contribution in [2.45, 2.75) is 27.7 Å². The summed E-state index contributed by atoms with van der Waals surface area (Å²) in [5.74, 6) is 0. The average Bonchev–Trinajstić information content (AvgIpc) is 2.59. The lowest BCUT2D eigenvalue weighted by atomic mass is 10.1. The largest absolute Gasteiger partial charge is 0.422 e. The Labute approximate surface area is 131 Å². The van der Waals surface area contributed by atoms with Crippen LogP contribution in [-0.4, -0.2) is 0 Å². The van der Waals surface area contributed by atoms with Crippen LogP contribution in [0.15, 0.2) is 63.8 Å². The Bertz CT molecular complexity index is 758. The molecule has 0 aliphatic rings. The first kappa shape index (κ1) is 17.5. The standard InChI is InChI=1S/C15H11NO2.2C2H6/c16-12-7-5-10(6-8-12)13-9-11-3-1-2-4-14(11)18-15(13)17;2*1-2/h1-9H,16H2;2*1-2H3. The van der Waals surface area contributed by atoms with Gasteiger partial charge in [0.25, 0.3) is 0 Å². The van der Waals surface area contributed by atoms with Crippen LogP contribution in [0, 0.1) is 0 Å². The van der Waals surface area contributed by atoms with Crippen molar-refractivity contribution in [1.82, 2.24) is 0 Å². The highest BCUT2D eigenvalue weighted by molar-refractivity contribution is 5.81. The van der Waals surface area contributed by atoms with E-state index < -0.39 is 0 Å². The lowest BCUT2D eigenvalue weighted by Gasteiger charge is -2.02. The maximum Gasteiger partial charge on any atom is 0.344 e. The smallest absolute Gasteiger partial charge is 0.344 e. The number of nitrogens with two attached hydrogens (primary N) is 1. The normalized spacial score (nSPS) is 9.27. The van der Waals surface area contributed by atoms with Gasteiger partial charge in [0.1, 0.15) is 5.58 Å². The second-order valence-corrected chi connectivity index (χ2v) is 4.11.